The average molecular weight is 272 g/mol. The van der Waals surface area contributed by atoms with Gasteiger partial charge < -0.3 is 9.64 Å². The third-order valence-electron chi connectivity index (χ3n) is 2.15. The van der Waals surface area contributed by atoms with Crippen molar-refractivity contribution in [2.24, 2.45) is 0 Å². The first-order valence-electron chi connectivity index (χ1n) is 4.64. The zero-order valence-electron chi connectivity index (χ0n) is 8.87. The lowest BCUT2D eigenvalue weighted by Crippen LogP contribution is -2.22. The van der Waals surface area contributed by atoms with Crippen LogP contribution in [0.15, 0.2) is 22.7 Å². The summed E-state index contributed by atoms with van der Waals surface area (Å²) in [5.41, 5.74) is 1.73. The Hall–Kier alpha value is -0.870. The Morgan fingerprint density at radius 1 is 1.53 bits per heavy atom. The number of nitrogens with zero attached hydrogens (tertiary/aromatic N) is 1. The molecular formula is C11H14BrNO2. The Balaban J connectivity index is 2.80. The monoisotopic (exact) mass is 271 g/mol. The van der Waals surface area contributed by atoms with E-state index >= 15 is 0 Å². The lowest BCUT2D eigenvalue weighted by Gasteiger charge is -2.20. The number of hydrogen-bond donors (Lipinski definition) is 0. The number of carbonyl (C=O) groups excluding carboxylic acids is 1. The number of aldehydes is 1. The fourth-order valence-corrected chi connectivity index (χ4v) is 1.95. The number of anilines is 1. The average Bonchev–Trinajstić information content (AvgIpc) is 2.25. The van der Waals surface area contributed by atoms with Crippen molar-refractivity contribution in [3.8, 4) is 0 Å². The highest BCUT2D eigenvalue weighted by Crippen LogP contribution is 2.25. The van der Waals surface area contributed by atoms with Gasteiger partial charge in [-0.25, -0.2) is 0 Å². The highest BCUT2D eigenvalue weighted by atomic mass is 79.9. The zero-order valence-corrected chi connectivity index (χ0v) is 10.5. The molecule has 0 fully saturated rings. The van der Waals surface area contributed by atoms with Crippen LogP contribution in [0.5, 0.6) is 0 Å². The molecule has 0 saturated carbocycles. The zero-order chi connectivity index (χ0) is 11.3. The molecule has 0 aliphatic rings. The van der Waals surface area contributed by atoms with Crippen molar-refractivity contribution in [3.63, 3.8) is 0 Å². The van der Waals surface area contributed by atoms with Crippen molar-refractivity contribution in [1.82, 2.24) is 0 Å². The van der Waals surface area contributed by atoms with Crippen molar-refractivity contribution in [1.29, 1.82) is 0 Å². The molecule has 0 aromatic heterocycles. The molecule has 82 valence electrons. The SMILES string of the molecule is COCCN(C)c1ccc(C=O)cc1Br. The number of ether oxygens (including phenoxy) is 1. The van der Waals surface area contributed by atoms with Crippen molar-refractivity contribution in [3.05, 3.63) is 28.2 Å². The van der Waals surface area contributed by atoms with E-state index in [2.05, 4.69) is 20.8 Å². The van der Waals surface area contributed by atoms with E-state index in [1.165, 1.54) is 0 Å². The Morgan fingerprint density at radius 3 is 2.80 bits per heavy atom. The summed E-state index contributed by atoms with van der Waals surface area (Å²) in [7, 11) is 3.66. The van der Waals surface area contributed by atoms with E-state index in [0.29, 0.717) is 12.2 Å². The first-order valence-corrected chi connectivity index (χ1v) is 5.43. The predicted molar refractivity (Wildman–Crippen MR) is 64.7 cm³/mol. The first-order chi connectivity index (χ1) is 7.19. The van der Waals surface area contributed by atoms with Crippen LogP contribution in [0.4, 0.5) is 5.69 Å². The Kier molecular flexibility index (Phi) is 4.78. The van der Waals surface area contributed by atoms with Crippen LogP contribution in [-0.2, 0) is 4.74 Å². The number of carbonyl (C=O) groups is 1. The summed E-state index contributed by atoms with van der Waals surface area (Å²) in [6.45, 7) is 1.49. The Bertz CT molecular complexity index is 341. The molecule has 1 rings (SSSR count). The molecule has 15 heavy (non-hydrogen) atoms. The predicted octanol–water partition coefficient (Wildman–Crippen LogP) is 2.34. The molecule has 3 nitrogen and oxygen atoms in total. The molecule has 1 aromatic carbocycles. The van der Waals surface area contributed by atoms with E-state index in [0.717, 1.165) is 23.0 Å². The third-order valence-corrected chi connectivity index (χ3v) is 2.79. The van der Waals surface area contributed by atoms with Crippen LogP contribution in [0.25, 0.3) is 0 Å². The Morgan fingerprint density at radius 2 is 2.27 bits per heavy atom. The topological polar surface area (TPSA) is 29.5 Å². The van der Waals surface area contributed by atoms with E-state index in [1.807, 2.05) is 19.2 Å². The molecule has 0 bridgehead atoms. The van der Waals surface area contributed by atoms with Crippen molar-refractivity contribution < 1.29 is 9.53 Å². The number of benzene rings is 1. The second-order valence-electron chi connectivity index (χ2n) is 3.24. The van der Waals surface area contributed by atoms with Crippen molar-refractivity contribution in [2.75, 3.05) is 32.2 Å². The van der Waals surface area contributed by atoms with Gasteiger partial charge in [0.05, 0.1) is 12.3 Å². The molecule has 1 aromatic rings. The van der Waals surface area contributed by atoms with Crippen LogP contribution in [0, 0.1) is 0 Å². The largest absolute Gasteiger partial charge is 0.383 e. The van der Waals surface area contributed by atoms with Gasteiger partial charge in [-0.1, -0.05) is 0 Å². The quantitative estimate of drug-likeness (QED) is 0.770. The van der Waals surface area contributed by atoms with Crippen LogP contribution in [0.3, 0.4) is 0 Å². The molecule has 0 spiro atoms. The highest BCUT2D eigenvalue weighted by molar-refractivity contribution is 9.10. The number of methoxy groups -OCH3 is 1. The van der Waals surface area contributed by atoms with Gasteiger partial charge in [0, 0.05) is 30.7 Å². The van der Waals surface area contributed by atoms with Gasteiger partial charge in [0.15, 0.2) is 0 Å². The maximum Gasteiger partial charge on any atom is 0.150 e. The summed E-state index contributed by atoms with van der Waals surface area (Å²) >= 11 is 3.44. The second kappa shape index (κ2) is 5.88. The second-order valence-corrected chi connectivity index (χ2v) is 4.10. The molecule has 0 saturated heterocycles. The summed E-state index contributed by atoms with van der Waals surface area (Å²) in [6.07, 6.45) is 0.837. The molecule has 0 unspecified atom stereocenters. The van der Waals surface area contributed by atoms with Crippen LogP contribution in [0.1, 0.15) is 10.4 Å². The maximum atomic E-state index is 10.6. The smallest absolute Gasteiger partial charge is 0.150 e. The van der Waals surface area contributed by atoms with E-state index < -0.39 is 0 Å². The highest BCUT2D eigenvalue weighted by Gasteiger charge is 2.05. The van der Waals surface area contributed by atoms with E-state index in [9.17, 15) is 4.79 Å². The van der Waals surface area contributed by atoms with Gasteiger partial charge in [-0.3, -0.25) is 4.79 Å². The fourth-order valence-electron chi connectivity index (χ4n) is 1.25. The minimum Gasteiger partial charge on any atom is -0.383 e. The molecule has 0 radical (unpaired) electrons. The van der Waals surface area contributed by atoms with Gasteiger partial charge in [0.25, 0.3) is 0 Å². The number of hydrogen-bond acceptors (Lipinski definition) is 3. The molecule has 0 amide bonds. The van der Waals surface area contributed by atoms with Gasteiger partial charge in [-0.05, 0) is 34.1 Å². The fraction of sp³-hybridized carbons (Fsp3) is 0.364. The van der Waals surface area contributed by atoms with Crippen LogP contribution < -0.4 is 4.90 Å². The minimum atomic E-state index is 0.672. The number of likely N-dealkylation sites (N-methyl/N-ethyl adjacent to an activating group) is 1. The lowest BCUT2D eigenvalue weighted by molar-refractivity contribution is 0.112. The summed E-state index contributed by atoms with van der Waals surface area (Å²) in [5, 5.41) is 0. The molecule has 0 aliphatic heterocycles. The number of halogens is 1. The maximum absolute atomic E-state index is 10.6. The molecule has 0 N–H and O–H groups in total. The first kappa shape index (κ1) is 12.2. The molecular weight excluding hydrogens is 258 g/mol. The molecule has 0 atom stereocenters. The van der Waals surface area contributed by atoms with Gasteiger partial charge in [0.1, 0.15) is 6.29 Å². The normalized spacial score (nSPS) is 10.1. The minimum absolute atomic E-state index is 0.672. The van der Waals surface area contributed by atoms with E-state index in [4.69, 9.17) is 4.74 Å². The Labute approximate surface area is 98.2 Å². The number of rotatable bonds is 5. The van der Waals surface area contributed by atoms with Gasteiger partial charge in [0.2, 0.25) is 0 Å². The van der Waals surface area contributed by atoms with Crippen LogP contribution >= 0.6 is 15.9 Å². The summed E-state index contributed by atoms with van der Waals surface area (Å²) in [5.74, 6) is 0. The molecule has 4 heteroatoms. The molecule has 0 aliphatic carbocycles. The van der Waals surface area contributed by atoms with Gasteiger partial charge in [-0.15, -0.1) is 0 Å². The summed E-state index contributed by atoms with van der Waals surface area (Å²) < 4.78 is 5.93. The lowest BCUT2D eigenvalue weighted by atomic mass is 10.2. The van der Waals surface area contributed by atoms with Crippen molar-refractivity contribution in [2.45, 2.75) is 0 Å². The van der Waals surface area contributed by atoms with E-state index in [1.54, 1.807) is 13.2 Å². The van der Waals surface area contributed by atoms with Crippen molar-refractivity contribution >= 4 is 27.9 Å². The van der Waals surface area contributed by atoms with Gasteiger partial charge in [-0.2, -0.15) is 0 Å². The van der Waals surface area contributed by atoms with Gasteiger partial charge >= 0.3 is 0 Å². The summed E-state index contributed by atoms with van der Waals surface area (Å²) in [4.78, 5) is 12.6. The van der Waals surface area contributed by atoms with Crippen LogP contribution in [0.2, 0.25) is 0 Å². The molecule has 0 heterocycles. The summed E-state index contributed by atoms with van der Waals surface area (Å²) in [6, 6.07) is 5.53. The standard InChI is InChI=1S/C11H14BrNO2/c1-13(5-6-15-2)11-4-3-9(8-14)7-10(11)12/h3-4,7-8H,5-6H2,1-2H3. The third kappa shape index (κ3) is 3.32. The van der Waals surface area contributed by atoms with Crippen LogP contribution in [-0.4, -0.2) is 33.6 Å². The van der Waals surface area contributed by atoms with E-state index in [-0.39, 0.29) is 0 Å².